The van der Waals surface area contributed by atoms with E-state index < -0.39 is 11.7 Å². The minimum Gasteiger partial charge on any atom is -0.296 e. The van der Waals surface area contributed by atoms with Gasteiger partial charge in [0.2, 0.25) is 0 Å². The number of carbonyl (C=O) groups excluding carboxylic acids is 1. The van der Waals surface area contributed by atoms with Gasteiger partial charge in [-0.2, -0.15) is 18.3 Å². The Morgan fingerprint density at radius 2 is 2.06 bits per heavy atom. The molecule has 0 radical (unpaired) electrons. The van der Waals surface area contributed by atoms with E-state index >= 15 is 0 Å². The monoisotopic (exact) mass is 292 g/mol. The quantitative estimate of drug-likeness (QED) is 0.821. The summed E-state index contributed by atoms with van der Waals surface area (Å²) >= 11 is 2.99. The molecular weight excluding hydrogens is 289 g/mol. The summed E-state index contributed by atoms with van der Waals surface area (Å²) in [6.07, 6.45) is -3.93. The van der Waals surface area contributed by atoms with Gasteiger partial charge in [-0.15, -0.1) is 0 Å². The van der Waals surface area contributed by atoms with Crippen molar-refractivity contribution in [2.75, 3.05) is 0 Å². The SMILES string of the molecule is O=Cc1[nH]nc2cc(C(F)(F)F)cc(Br)c12. The summed E-state index contributed by atoms with van der Waals surface area (Å²) in [5.41, 5.74) is -0.560. The second kappa shape index (κ2) is 3.58. The van der Waals surface area contributed by atoms with E-state index in [1.165, 1.54) is 0 Å². The molecule has 16 heavy (non-hydrogen) atoms. The first-order chi connectivity index (χ1) is 7.43. The zero-order valence-corrected chi connectivity index (χ0v) is 9.19. The first kappa shape index (κ1) is 11.1. The number of hydrogen-bond donors (Lipinski definition) is 1. The number of halogens is 4. The Morgan fingerprint density at radius 3 is 2.62 bits per heavy atom. The highest BCUT2D eigenvalue weighted by Gasteiger charge is 2.31. The number of H-pyrrole nitrogens is 1. The van der Waals surface area contributed by atoms with Gasteiger partial charge >= 0.3 is 6.18 Å². The third-order valence-corrected chi connectivity index (χ3v) is 2.71. The maximum Gasteiger partial charge on any atom is 0.416 e. The molecule has 2 aromatic rings. The van der Waals surface area contributed by atoms with Gasteiger partial charge < -0.3 is 0 Å². The molecule has 0 spiro atoms. The number of fused-ring (bicyclic) bond motifs is 1. The lowest BCUT2D eigenvalue weighted by Gasteiger charge is -2.06. The van der Waals surface area contributed by atoms with E-state index in [0.717, 1.165) is 12.1 Å². The maximum atomic E-state index is 12.5. The maximum absolute atomic E-state index is 12.5. The van der Waals surface area contributed by atoms with Gasteiger partial charge in [0.15, 0.2) is 6.29 Å². The van der Waals surface area contributed by atoms with Gasteiger partial charge in [0, 0.05) is 9.86 Å². The number of hydrogen-bond acceptors (Lipinski definition) is 2. The van der Waals surface area contributed by atoms with Gasteiger partial charge in [0.1, 0.15) is 5.69 Å². The van der Waals surface area contributed by atoms with Gasteiger partial charge in [-0.05, 0) is 28.1 Å². The van der Waals surface area contributed by atoms with E-state index in [-0.39, 0.29) is 15.7 Å². The van der Waals surface area contributed by atoms with Crippen molar-refractivity contribution >= 4 is 33.1 Å². The summed E-state index contributed by atoms with van der Waals surface area (Å²) in [4.78, 5) is 10.6. The van der Waals surface area contributed by atoms with Gasteiger partial charge in [-0.3, -0.25) is 9.89 Å². The van der Waals surface area contributed by atoms with Crippen molar-refractivity contribution in [2.45, 2.75) is 6.18 Å². The van der Waals surface area contributed by atoms with Crippen molar-refractivity contribution in [3.05, 3.63) is 27.9 Å². The fourth-order valence-corrected chi connectivity index (χ4v) is 2.04. The lowest BCUT2D eigenvalue weighted by Crippen LogP contribution is -2.04. The zero-order chi connectivity index (χ0) is 11.9. The molecule has 2 rings (SSSR count). The molecule has 1 aromatic heterocycles. The van der Waals surface area contributed by atoms with Crippen LogP contribution in [0.3, 0.4) is 0 Å². The van der Waals surface area contributed by atoms with Crippen molar-refractivity contribution < 1.29 is 18.0 Å². The third-order valence-electron chi connectivity index (χ3n) is 2.08. The highest BCUT2D eigenvalue weighted by atomic mass is 79.9. The number of aromatic nitrogens is 2. The molecule has 0 atom stereocenters. The molecule has 7 heteroatoms. The predicted molar refractivity (Wildman–Crippen MR) is 54.2 cm³/mol. The highest BCUT2D eigenvalue weighted by Crippen LogP contribution is 2.35. The molecule has 3 nitrogen and oxygen atoms in total. The fraction of sp³-hybridized carbons (Fsp3) is 0.111. The summed E-state index contributed by atoms with van der Waals surface area (Å²) in [6, 6.07) is 1.81. The Labute approximate surface area is 95.8 Å². The molecule has 84 valence electrons. The summed E-state index contributed by atoms with van der Waals surface area (Å²) in [5, 5.41) is 6.36. The smallest absolute Gasteiger partial charge is 0.296 e. The highest BCUT2D eigenvalue weighted by molar-refractivity contribution is 9.10. The molecule has 1 N–H and O–H groups in total. The largest absolute Gasteiger partial charge is 0.416 e. The Bertz CT molecular complexity index is 562. The van der Waals surface area contributed by atoms with Crippen molar-refractivity contribution in [1.29, 1.82) is 0 Å². The fourth-order valence-electron chi connectivity index (χ4n) is 1.37. The average molecular weight is 293 g/mol. The first-order valence-electron chi connectivity index (χ1n) is 4.13. The molecule has 0 fully saturated rings. The zero-order valence-electron chi connectivity index (χ0n) is 7.60. The predicted octanol–water partition coefficient (Wildman–Crippen LogP) is 3.16. The van der Waals surface area contributed by atoms with Crippen LogP contribution in [-0.4, -0.2) is 16.5 Å². The van der Waals surface area contributed by atoms with Gasteiger partial charge in [-0.1, -0.05) is 0 Å². The number of nitrogens with one attached hydrogen (secondary N) is 1. The minimum atomic E-state index is -4.43. The van der Waals surface area contributed by atoms with Crippen LogP contribution in [0.1, 0.15) is 16.1 Å². The van der Waals surface area contributed by atoms with Crippen LogP contribution in [-0.2, 0) is 6.18 Å². The van der Waals surface area contributed by atoms with Crippen LogP contribution in [0.15, 0.2) is 16.6 Å². The van der Waals surface area contributed by atoms with E-state index in [4.69, 9.17) is 0 Å². The van der Waals surface area contributed by atoms with Crippen LogP contribution in [0, 0.1) is 0 Å². The average Bonchev–Trinajstić information content (AvgIpc) is 2.59. The van der Waals surface area contributed by atoms with Crippen molar-refractivity contribution in [3.8, 4) is 0 Å². The molecule has 0 aliphatic heterocycles. The van der Waals surface area contributed by atoms with Gasteiger partial charge in [0.05, 0.1) is 11.1 Å². The van der Waals surface area contributed by atoms with Crippen molar-refractivity contribution in [2.24, 2.45) is 0 Å². The van der Waals surface area contributed by atoms with E-state index in [0.29, 0.717) is 11.7 Å². The number of rotatable bonds is 1. The van der Waals surface area contributed by atoms with E-state index in [1.54, 1.807) is 0 Å². The molecule has 0 saturated heterocycles. The van der Waals surface area contributed by atoms with Crippen LogP contribution in [0.4, 0.5) is 13.2 Å². The minimum absolute atomic E-state index is 0.101. The Kier molecular flexibility index (Phi) is 2.49. The molecular formula is C9H4BrF3N2O. The first-order valence-corrected chi connectivity index (χ1v) is 4.93. The van der Waals surface area contributed by atoms with E-state index in [1.807, 2.05) is 0 Å². The lowest BCUT2D eigenvalue weighted by atomic mass is 10.1. The van der Waals surface area contributed by atoms with Crippen molar-refractivity contribution in [1.82, 2.24) is 10.2 Å². The normalized spacial score (nSPS) is 12.0. The Hall–Kier alpha value is -1.37. The molecule has 0 bridgehead atoms. The number of alkyl halides is 3. The molecule has 1 aromatic carbocycles. The Balaban J connectivity index is 2.75. The number of aromatic amines is 1. The molecule has 0 unspecified atom stereocenters. The van der Waals surface area contributed by atoms with Crippen LogP contribution < -0.4 is 0 Å². The summed E-state index contributed by atoms with van der Waals surface area (Å²) in [5.74, 6) is 0. The lowest BCUT2D eigenvalue weighted by molar-refractivity contribution is -0.137. The molecule has 0 aliphatic rings. The van der Waals surface area contributed by atoms with Gasteiger partial charge in [0.25, 0.3) is 0 Å². The number of benzene rings is 1. The van der Waals surface area contributed by atoms with Gasteiger partial charge in [-0.25, -0.2) is 0 Å². The third kappa shape index (κ3) is 1.71. The van der Waals surface area contributed by atoms with E-state index in [2.05, 4.69) is 26.1 Å². The number of aldehydes is 1. The van der Waals surface area contributed by atoms with Crippen LogP contribution in [0.2, 0.25) is 0 Å². The topological polar surface area (TPSA) is 45.8 Å². The summed E-state index contributed by atoms with van der Waals surface area (Å²) in [7, 11) is 0. The number of carbonyl (C=O) groups is 1. The molecule has 0 saturated carbocycles. The van der Waals surface area contributed by atoms with E-state index in [9.17, 15) is 18.0 Å². The van der Waals surface area contributed by atoms with Crippen LogP contribution in [0.25, 0.3) is 10.9 Å². The molecule has 0 amide bonds. The Morgan fingerprint density at radius 1 is 1.38 bits per heavy atom. The second-order valence-corrected chi connectivity index (χ2v) is 3.96. The van der Waals surface area contributed by atoms with Crippen molar-refractivity contribution in [3.63, 3.8) is 0 Å². The number of nitrogens with zero attached hydrogens (tertiary/aromatic N) is 1. The standard InChI is InChI=1S/C9H4BrF3N2O/c10-5-1-4(9(11,12)13)2-6-8(5)7(3-16)15-14-6/h1-3H,(H,14,15). The van der Waals surface area contributed by atoms with Crippen LogP contribution in [0.5, 0.6) is 0 Å². The summed E-state index contributed by atoms with van der Waals surface area (Å²) < 4.78 is 37.6. The molecule has 1 heterocycles. The van der Waals surface area contributed by atoms with Crippen LogP contribution >= 0.6 is 15.9 Å². The second-order valence-electron chi connectivity index (χ2n) is 3.11. The summed E-state index contributed by atoms with van der Waals surface area (Å²) in [6.45, 7) is 0. The molecule has 0 aliphatic carbocycles.